The molecule has 1 unspecified atom stereocenters. The van der Waals surface area contributed by atoms with Gasteiger partial charge in [0, 0.05) is 10.5 Å². The molecule has 3 heteroatoms. The Morgan fingerprint density at radius 2 is 1.79 bits per heavy atom. The summed E-state index contributed by atoms with van der Waals surface area (Å²) in [6.07, 6.45) is -0.656. The van der Waals surface area contributed by atoms with E-state index in [0.717, 1.165) is 16.9 Å². The molecule has 0 bridgehead atoms. The summed E-state index contributed by atoms with van der Waals surface area (Å²) in [7, 11) is 1.62. The molecule has 2 aromatic rings. The van der Waals surface area contributed by atoms with Gasteiger partial charge in [-0.1, -0.05) is 37.3 Å². The molecule has 0 saturated carbocycles. The minimum absolute atomic E-state index is 0.656. The van der Waals surface area contributed by atoms with Crippen molar-refractivity contribution in [2.75, 3.05) is 12.9 Å². The first-order valence-corrected chi connectivity index (χ1v) is 7.28. The molecule has 0 aromatic heterocycles. The maximum atomic E-state index is 10.4. The molecule has 0 aliphatic carbocycles. The minimum Gasteiger partial charge on any atom is -0.496 e. The molecule has 0 amide bonds. The predicted molar refractivity (Wildman–Crippen MR) is 79.9 cm³/mol. The van der Waals surface area contributed by atoms with E-state index in [1.165, 1.54) is 4.90 Å². The maximum absolute atomic E-state index is 10.4. The molecule has 0 aliphatic heterocycles. The van der Waals surface area contributed by atoms with Crippen LogP contribution >= 0.6 is 11.8 Å². The van der Waals surface area contributed by atoms with Gasteiger partial charge in [0.15, 0.2) is 0 Å². The summed E-state index contributed by atoms with van der Waals surface area (Å²) in [5.41, 5.74) is 1.67. The summed E-state index contributed by atoms with van der Waals surface area (Å²) < 4.78 is 5.29. The number of methoxy groups -OCH3 is 1. The second-order valence-corrected chi connectivity index (χ2v) is 5.48. The van der Waals surface area contributed by atoms with Crippen molar-refractivity contribution in [2.45, 2.75) is 17.9 Å². The third kappa shape index (κ3) is 3.31. The number of ether oxygens (including phenoxy) is 1. The van der Waals surface area contributed by atoms with E-state index < -0.39 is 6.10 Å². The van der Waals surface area contributed by atoms with Gasteiger partial charge in [-0.2, -0.15) is 0 Å². The second-order valence-electron chi connectivity index (χ2n) is 4.15. The Hall–Kier alpha value is -1.45. The minimum atomic E-state index is -0.656. The summed E-state index contributed by atoms with van der Waals surface area (Å²) in [6.45, 7) is 2.13. The number of para-hydroxylation sites is 1. The van der Waals surface area contributed by atoms with E-state index in [1.54, 1.807) is 18.9 Å². The second kappa shape index (κ2) is 6.64. The summed E-state index contributed by atoms with van der Waals surface area (Å²) in [6, 6.07) is 15.6. The number of aliphatic hydroxyl groups excluding tert-OH is 1. The lowest BCUT2D eigenvalue weighted by atomic mass is 10.0. The van der Waals surface area contributed by atoms with Crippen molar-refractivity contribution < 1.29 is 9.84 Å². The lowest BCUT2D eigenvalue weighted by Gasteiger charge is -2.15. The fourth-order valence-corrected chi connectivity index (χ4v) is 2.65. The average molecular weight is 274 g/mol. The zero-order valence-electron chi connectivity index (χ0n) is 11.2. The highest BCUT2D eigenvalue weighted by atomic mass is 32.2. The highest BCUT2D eigenvalue weighted by Crippen LogP contribution is 2.30. The maximum Gasteiger partial charge on any atom is 0.125 e. The standard InChI is InChI=1S/C16H18O2S/c1-3-19-13-10-8-12(9-11-13)16(17)14-6-4-5-7-15(14)18-2/h4-11,16-17H,3H2,1-2H3. The predicted octanol–water partition coefficient (Wildman–Crippen LogP) is 3.89. The van der Waals surface area contributed by atoms with Gasteiger partial charge in [-0.25, -0.2) is 0 Å². The van der Waals surface area contributed by atoms with Gasteiger partial charge in [0.1, 0.15) is 11.9 Å². The number of hydrogen-bond acceptors (Lipinski definition) is 3. The monoisotopic (exact) mass is 274 g/mol. The molecule has 0 radical (unpaired) electrons. The Balaban J connectivity index is 2.25. The molecular formula is C16H18O2S. The van der Waals surface area contributed by atoms with Gasteiger partial charge >= 0.3 is 0 Å². The van der Waals surface area contributed by atoms with Crippen molar-refractivity contribution in [3.05, 3.63) is 59.7 Å². The van der Waals surface area contributed by atoms with Crippen molar-refractivity contribution in [3.63, 3.8) is 0 Å². The van der Waals surface area contributed by atoms with Gasteiger partial charge in [-0.15, -0.1) is 11.8 Å². The van der Waals surface area contributed by atoms with E-state index in [4.69, 9.17) is 4.74 Å². The summed E-state index contributed by atoms with van der Waals surface area (Å²) in [5.74, 6) is 1.76. The van der Waals surface area contributed by atoms with Crippen molar-refractivity contribution in [1.29, 1.82) is 0 Å². The molecular weight excluding hydrogens is 256 g/mol. The molecule has 1 N–H and O–H groups in total. The molecule has 2 rings (SSSR count). The normalized spacial score (nSPS) is 12.2. The molecule has 0 saturated heterocycles. The fraction of sp³-hybridized carbons (Fsp3) is 0.250. The van der Waals surface area contributed by atoms with Crippen LogP contribution in [0.4, 0.5) is 0 Å². The van der Waals surface area contributed by atoms with Crippen LogP contribution in [0.1, 0.15) is 24.2 Å². The number of rotatable bonds is 5. The molecule has 0 fully saturated rings. The lowest BCUT2D eigenvalue weighted by molar-refractivity contribution is 0.214. The van der Waals surface area contributed by atoms with E-state index in [0.29, 0.717) is 5.75 Å². The molecule has 2 nitrogen and oxygen atoms in total. The van der Waals surface area contributed by atoms with Crippen LogP contribution in [-0.2, 0) is 0 Å². The molecule has 1 atom stereocenters. The largest absolute Gasteiger partial charge is 0.496 e. The molecule has 0 spiro atoms. The van der Waals surface area contributed by atoms with Crippen molar-refractivity contribution in [2.24, 2.45) is 0 Å². The van der Waals surface area contributed by atoms with Crippen LogP contribution in [0.15, 0.2) is 53.4 Å². The number of thioether (sulfide) groups is 1. The van der Waals surface area contributed by atoms with Crippen LogP contribution in [0.3, 0.4) is 0 Å². The van der Waals surface area contributed by atoms with Gasteiger partial charge in [-0.05, 0) is 29.5 Å². The zero-order chi connectivity index (χ0) is 13.7. The Labute approximate surface area is 118 Å². The van der Waals surface area contributed by atoms with E-state index in [2.05, 4.69) is 6.92 Å². The van der Waals surface area contributed by atoms with Gasteiger partial charge in [0.25, 0.3) is 0 Å². The molecule has 100 valence electrons. The molecule has 19 heavy (non-hydrogen) atoms. The van der Waals surface area contributed by atoms with Gasteiger partial charge < -0.3 is 9.84 Å². The summed E-state index contributed by atoms with van der Waals surface area (Å²) in [4.78, 5) is 1.22. The van der Waals surface area contributed by atoms with E-state index in [1.807, 2.05) is 48.5 Å². The SMILES string of the molecule is CCSc1ccc(C(O)c2ccccc2OC)cc1. The topological polar surface area (TPSA) is 29.5 Å². The highest BCUT2D eigenvalue weighted by molar-refractivity contribution is 7.99. The van der Waals surface area contributed by atoms with Crippen molar-refractivity contribution in [1.82, 2.24) is 0 Å². The van der Waals surface area contributed by atoms with Gasteiger partial charge in [0.05, 0.1) is 7.11 Å². The first kappa shape index (κ1) is 14.0. The average Bonchev–Trinajstić information content (AvgIpc) is 2.47. The van der Waals surface area contributed by atoms with Crippen LogP contribution < -0.4 is 4.74 Å². The van der Waals surface area contributed by atoms with Crippen LogP contribution in [0.25, 0.3) is 0 Å². The fourth-order valence-electron chi connectivity index (χ4n) is 1.98. The Kier molecular flexibility index (Phi) is 4.88. The molecule has 0 heterocycles. The summed E-state index contributed by atoms with van der Waals surface area (Å²) >= 11 is 1.79. The van der Waals surface area contributed by atoms with Crippen LogP contribution in [0.2, 0.25) is 0 Å². The van der Waals surface area contributed by atoms with E-state index in [9.17, 15) is 5.11 Å². The van der Waals surface area contributed by atoms with E-state index >= 15 is 0 Å². The zero-order valence-corrected chi connectivity index (χ0v) is 12.0. The number of aliphatic hydroxyl groups is 1. The van der Waals surface area contributed by atoms with E-state index in [-0.39, 0.29) is 0 Å². The van der Waals surface area contributed by atoms with Crippen molar-refractivity contribution in [3.8, 4) is 5.75 Å². The Morgan fingerprint density at radius 3 is 2.42 bits per heavy atom. The Bertz CT molecular complexity index is 523. The van der Waals surface area contributed by atoms with Crippen molar-refractivity contribution >= 4 is 11.8 Å². The third-order valence-electron chi connectivity index (χ3n) is 2.94. The lowest BCUT2D eigenvalue weighted by Crippen LogP contribution is -2.02. The Morgan fingerprint density at radius 1 is 1.11 bits per heavy atom. The van der Waals surface area contributed by atoms with Crippen LogP contribution in [0.5, 0.6) is 5.75 Å². The smallest absolute Gasteiger partial charge is 0.125 e. The van der Waals surface area contributed by atoms with Gasteiger partial charge in [0.2, 0.25) is 0 Å². The van der Waals surface area contributed by atoms with Gasteiger partial charge in [-0.3, -0.25) is 0 Å². The first-order chi connectivity index (χ1) is 9.26. The highest BCUT2D eigenvalue weighted by Gasteiger charge is 2.14. The molecule has 0 aliphatic rings. The quantitative estimate of drug-likeness (QED) is 0.839. The van der Waals surface area contributed by atoms with Crippen LogP contribution in [-0.4, -0.2) is 18.0 Å². The third-order valence-corrected chi connectivity index (χ3v) is 3.83. The van der Waals surface area contributed by atoms with Crippen LogP contribution in [0, 0.1) is 0 Å². The summed E-state index contributed by atoms with van der Waals surface area (Å²) in [5, 5.41) is 10.4. The number of hydrogen-bond donors (Lipinski definition) is 1. The number of benzene rings is 2. The first-order valence-electron chi connectivity index (χ1n) is 6.30. The molecule has 2 aromatic carbocycles.